The van der Waals surface area contributed by atoms with Crippen LogP contribution in [0.5, 0.6) is 5.88 Å². The van der Waals surface area contributed by atoms with Gasteiger partial charge in [-0.2, -0.15) is 4.98 Å². The Balaban J connectivity index is 1.50. The lowest BCUT2D eigenvalue weighted by Gasteiger charge is -2.32. The fraction of sp³-hybridized carbons (Fsp3) is 0.464. The van der Waals surface area contributed by atoms with Crippen molar-refractivity contribution in [3.8, 4) is 17.7 Å². The van der Waals surface area contributed by atoms with Gasteiger partial charge in [-0.1, -0.05) is 17.9 Å². The van der Waals surface area contributed by atoms with Crippen LogP contribution in [0.15, 0.2) is 36.7 Å². The number of aromatic nitrogens is 3. The summed E-state index contributed by atoms with van der Waals surface area (Å²) in [5.74, 6) is 8.35. The Morgan fingerprint density at radius 3 is 2.62 bits per heavy atom. The fourth-order valence-corrected chi connectivity index (χ4v) is 3.84. The Bertz CT molecular complexity index is 1210. The molecule has 1 atom stereocenters. The second-order valence-electron chi connectivity index (χ2n) is 9.76. The number of methoxy groups -OCH3 is 1. The summed E-state index contributed by atoms with van der Waals surface area (Å²) in [6.45, 7) is 2.96. The monoisotopic (exact) mass is 534 g/mol. The maximum atomic E-state index is 12.6. The zero-order chi connectivity index (χ0) is 28.4. The van der Waals surface area contributed by atoms with Crippen LogP contribution in [-0.4, -0.2) is 91.0 Å². The highest BCUT2D eigenvalue weighted by Gasteiger charge is 2.29. The molecule has 0 aromatic carbocycles. The van der Waals surface area contributed by atoms with E-state index in [0.717, 1.165) is 18.5 Å². The first-order chi connectivity index (χ1) is 18.7. The molecule has 0 saturated heterocycles. The third-order valence-electron chi connectivity index (χ3n) is 6.47. The third-order valence-corrected chi connectivity index (χ3v) is 6.47. The number of carbonyl (C=O) groups is 2. The van der Waals surface area contributed by atoms with Crippen LogP contribution in [0.25, 0.3) is 0 Å². The van der Waals surface area contributed by atoms with Crippen LogP contribution in [0.1, 0.15) is 25.3 Å². The number of rotatable bonds is 11. The van der Waals surface area contributed by atoms with E-state index in [-0.39, 0.29) is 17.7 Å². The summed E-state index contributed by atoms with van der Waals surface area (Å²) in [5, 5.41) is 9.17. The lowest BCUT2D eigenvalue weighted by molar-refractivity contribution is -0.135. The molecular formula is C28H38N8O3. The van der Waals surface area contributed by atoms with Gasteiger partial charge in [0.15, 0.2) is 5.82 Å². The molecule has 0 spiro atoms. The molecule has 3 N–H and O–H groups in total. The summed E-state index contributed by atoms with van der Waals surface area (Å²) in [7, 11) is 8.82. The first-order valence-corrected chi connectivity index (χ1v) is 12.9. The molecule has 0 radical (unpaired) electrons. The van der Waals surface area contributed by atoms with Gasteiger partial charge in [-0.15, -0.1) is 0 Å². The highest BCUT2D eigenvalue weighted by Crippen LogP contribution is 2.33. The topological polar surface area (TPSA) is 125 Å². The van der Waals surface area contributed by atoms with Gasteiger partial charge in [-0.25, -0.2) is 9.97 Å². The molecule has 0 bridgehead atoms. The van der Waals surface area contributed by atoms with E-state index >= 15 is 0 Å². The van der Waals surface area contributed by atoms with E-state index in [4.69, 9.17) is 4.74 Å². The van der Waals surface area contributed by atoms with Crippen molar-refractivity contribution in [2.75, 3.05) is 59.0 Å². The van der Waals surface area contributed by atoms with Crippen LogP contribution in [0.4, 0.5) is 17.5 Å². The number of amides is 2. The van der Waals surface area contributed by atoms with E-state index in [1.165, 1.54) is 11.0 Å². The number of pyridine rings is 1. The first-order valence-electron chi connectivity index (χ1n) is 12.9. The van der Waals surface area contributed by atoms with Gasteiger partial charge in [0, 0.05) is 45.2 Å². The number of nitrogens with zero attached hydrogens (tertiary/aromatic N) is 5. The van der Waals surface area contributed by atoms with Crippen molar-refractivity contribution in [3.05, 3.63) is 42.2 Å². The lowest BCUT2D eigenvalue weighted by Crippen LogP contribution is -2.47. The van der Waals surface area contributed by atoms with Crippen molar-refractivity contribution >= 4 is 29.3 Å². The Labute approximate surface area is 230 Å². The molecule has 11 nitrogen and oxygen atoms in total. The molecule has 3 rings (SSSR count). The number of hydrogen-bond acceptors (Lipinski definition) is 9. The van der Waals surface area contributed by atoms with Crippen LogP contribution >= 0.6 is 0 Å². The number of likely N-dealkylation sites (N-methyl/N-ethyl adjacent to an activating group) is 2. The van der Waals surface area contributed by atoms with Gasteiger partial charge in [-0.3, -0.25) is 9.59 Å². The van der Waals surface area contributed by atoms with Crippen LogP contribution in [0.2, 0.25) is 0 Å². The standard InChI is InChI=1S/C28H38N8O3/c1-19(36(5)25(37)8-7-13-35(3)4)27(38)31-16-21-14-20(15-21)9-10-22-17-32-28(29-2)34-26(22)33-23-11-12-24(39-6)30-18-23/h7-8,11-12,17-21H,13-16H2,1-6H3,(H,31,38)(H2,29,32,33,34)/b8-7+/t19-,20?,21?/m0/s1. The first kappa shape index (κ1) is 29.4. The van der Waals surface area contributed by atoms with E-state index in [9.17, 15) is 9.59 Å². The van der Waals surface area contributed by atoms with Crippen LogP contribution < -0.4 is 20.7 Å². The van der Waals surface area contributed by atoms with Gasteiger partial charge < -0.3 is 30.5 Å². The number of hydrogen-bond donors (Lipinski definition) is 3. The SMILES string of the molecule is CNc1ncc(C#CC2CC(CNC(=O)[C@H](C)N(C)C(=O)/C=C/CN(C)C)C2)c(Nc2ccc(OC)nc2)n1. The number of anilines is 3. The summed E-state index contributed by atoms with van der Waals surface area (Å²) in [6, 6.07) is 3.07. The van der Waals surface area contributed by atoms with Crippen LogP contribution in [0, 0.1) is 23.7 Å². The fourth-order valence-electron chi connectivity index (χ4n) is 3.84. The number of ether oxygens (including phenoxy) is 1. The van der Waals surface area contributed by atoms with E-state index in [1.807, 2.05) is 25.1 Å². The van der Waals surface area contributed by atoms with Crippen molar-refractivity contribution < 1.29 is 14.3 Å². The van der Waals surface area contributed by atoms with E-state index in [0.29, 0.717) is 42.2 Å². The highest BCUT2D eigenvalue weighted by atomic mass is 16.5. The molecule has 0 aliphatic heterocycles. The minimum atomic E-state index is -0.551. The van der Waals surface area contributed by atoms with Crippen LogP contribution in [0.3, 0.4) is 0 Å². The van der Waals surface area contributed by atoms with Gasteiger partial charge in [0.25, 0.3) is 0 Å². The zero-order valence-corrected chi connectivity index (χ0v) is 23.5. The van der Waals surface area contributed by atoms with Crippen molar-refractivity contribution in [3.63, 3.8) is 0 Å². The van der Waals surface area contributed by atoms with Crippen LogP contribution in [-0.2, 0) is 9.59 Å². The predicted octanol–water partition coefficient (Wildman–Crippen LogP) is 2.12. The molecule has 2 aromatic heterocycles. The zero-order valence-electron chi connectivity index (χ0n) is 23.5. The van der Waals surface area contributed by atoms with Crippen molar-refractivity contribution in [2.24, 2.45) is 11.8 Å². The minimum Gasteiger partial charge on any atom is -0.481 e. The van der Waals surface area contributed by atoms with Gasteiger partial charge in [0.1, 0.15) is 6.04 Å². The highest BCUT2D eigenvalue weighted by molar-refractivity contribution is 5.92. The molecule has 11 heteroatoms. The molecule has 1 fully saturated rings. The molecule has 39 heavy (non-hydrogen) atoms. The number of carbonyl (C=O) groups excluding carboxylic acids is 2. The second-order valence-corrected chi connectivity index (χ2v) is 9.76. The van der Waals surface area contributed by atoms with E-state index in [1.54, 1.807) is 52.7 Å². The summed E-state index contributed by atoms with van der Waals surface area (Å²) in [4.78, 5) is 41.3. The van der Waals surface area contributed by atoms with Gasteiger partial charge >= 0.3 is 0 Å². The van der Waals surface area contributed by atoms with Gasteiger partial charge in [0.2, 0.25) is 23.6 Å². The average molecular weight is 535 g/mol. The minimum absolute atomic E-state index is 0.160. The predicted molar refractivity (Wildman–Crippen MR) is 152 cm³/mol. The molecular weight excluding hydrogens is 496 g/mol. The molecule has 2 amide bonds. The molecule has 1 saturated carbocycles. The Kier molecular flexibility index (Phi) is 10.6. The lowest BCUT2D eigenvalue weighted by atomic mass is 9.75. The summed E-state index contributed by atoms with van der Waals surface area (Å²) in [6.07, 6.45) is 8.43. The van der Waals surface area contributed by atoms with E-state index in [2.05, 4.69) is 42.7 Å². The Morgan fingerprint density at radius 1 is 1.21 bits per heavy atom. The smallest absolute Gasteiger partial charge is 0.246 e. The molecule has 1 aliphatic rings. The maximum absolute atomic E-state index is 12.6. The normalized spacial score (nSPS) is 17.0. The molecule has 0 unspecified atom stereocenters. The third kappa shape index (κ3) is 8.68. The summed E-state index contributed by atoms with van der Waals surface area (Å²) < 4.78 is 5.11. The maximum Gasteiger partial charge on any atom is 0.246 e. The van der Waals surface area contributed by atoms with Crippen molar-refractivity contribution in [1.82, 2.24) is 30.1 Å². The quantitative estimate of drug-likeness (QED) is 0.294. The van der Waals surface area contributed by atoms with Gasteiger partial charge in [0.05, 0.1) is 30.8 Å². The van der Waals surface area contributed by atoms with E-state index < -0.39 is 6.04 Å². The number of nitrogens with one attached hydrogen (secondary N) is 3. The molecule has 1 aliphatic carbocycles. The van der Waals surface area contributed by atoms with Crippen molar-refractivity contribution in [2.45, 2.75) is 25.8 Å². The second kappa shape index (κ2) is 14.1. The molecule has 2 heterocycles. The van der Waals surface area contributed by atoms with Crippen molar-refractivity contribution in [1.29, 1.82) is 0 Å². The Hall–Kier alpha value is -4.17. The summed E-state index contributed by atoms with van der Waals surface area (Å²) >= 11 is 0. The summed E-state index contributed by atoms with van der Waals surface area (Å²) in [5.41, 5.74) is 1.44. The molecule has 208 valence electrons. The molecule has 2 aromatic rings. The van der Waals surface area contributed by atoms with Gasteiger partial charge in [-0.05, 0) is 45.8 Å². The largest absolute Gasteiger partial charge is 0.481 e. The Morgan fingerprint density at radius 2 is 1.97 bits per heavy atom. The average Bonchev–Trinajstić information content (AvgIpc) is 2.91.